The van der Waals surface area contributed by atoms with Crippen molar-refractivity contribution < 1.29 is 4.39 Å². The number of nitrogens with zero attached hydrogens (tertiary/aromatic N) is 1. The molecule has 0 radical (unpaired) electrons. The van der Waals surface area contributed by atoms with Crippen LogP contribution in [0.5, 0.6) is 0 Å². The summed E-state index contributed by atoms with van der Waals surface area (Å²) < 4.78 is 12.9. The van der Waals surface area contributed by atoms with Gasteiger partial charge in [0.1, 0.15) is 5.82 Å². The summed E-state index contributed by atoms with van der Waals surface area (Å²) in [5.74, 6) is -0.160. The first-order valence-corrected chi connectivity index (χ1v) is 9.32. The van der Waals surface area contributed by atoms with Crippen LogP contribution in [0, 0.1) is 5.82 Å². The molecule has 4 heteroatoms. The second-order valence-electron chi connectivity index (χ2n) is 6.88. The van der Waals surface area contributed by atoms with Crippen molar-refractivity contribution in [3.63, 3.8) is 0 Å². The fourth-order valence-corrected chi connectivity index (χ4v) is 3.92. The Bertz CT molecular complexity index is 869. The highest BCUT2D eigenvalue weighted by atomic mass is 35.5. The van der Waals surface area contributed by atoms with Gasteiger partial charge < -0.3 is 4.98 Å². The molecule has 0 fully saturated rings. The monoisotopic (exact) mass is 356 g/mol. The maximum atomic E-state index is 12.9. The van der Waals surface area contributed by atoms with Crippen LogP contribution in [0.15, 0.2) is 42.5 Å². The van der Waals surface area contributed by atoms with Gasteiger partial charge in [0, 0.05) is 41.1 Å². The van der Waals surface area contributed by atoms with Crippen LogP contribution >= 0.6 is 11.6 Å². The standard InChI is InChI=1S/C21H22ClFN2/c22-16-6-9-20-18(13-16)19-14-25(12-10-21(19)24-20)11-2-1-3-15-4-7-17(23)8-5-15/h4-9,13,24H,1-3,10-12,14H2. The molecular weight excluding hydrogens is 335 g/mol. The van der Waals surface area contributed by atoms with Crippen LogP contribution in [0.25, 0.3) is 10.9 Å². The lowest BCUT2D eigenvalue weighted by atomic mass is 10.0. The maximum absolute atomic E-state index is 12.9. The molecule has 1 aromatic heterocycles. The third kappa shape index (κ3) is 3.73. The van der Waals surface area contributed by atoms with Gasteiger partial charge >= 0.3 is 0 Å². The molecule has 2 heterocycles. The Balaban J connectivity index is 1.34. The molecule has 2 nitrogen and oxygen atoms in total. The van der Waals surface area contributed by atoms with E-state index >= 15 is 0 Å². The predicted molar refractivity (Wildman–Crippen MR) is 102 cm³/mol. The zero-order valence-electron chi connectivity index (χ0n) is 14.2. The van der Waals surface area contributed by atoms with Crippen molar-refractivity contribution in [3.05, 3.63) is 70.1 Å². The van der Waals surface area contributed by atoms with E-state index in [2.05, 4.69) is 22.0 Å². The first-order valence-electron chi connectivity index (χ1n) is 8.95. The van der Waals surface area contributed by atoms with Crippen molar-refractivity contribution in [1.82, 2.24) is 9.88 Å². The Morgan fingerprint density at radius 1 is 1.08 bits per heavy atom. The average molecular weight is 357 g/mol. The van der Waals surface area contributed by atoms with Crippen molar-refractivity contribution in [2.24, 2.45) is 0 Å². The zero-order valence-corrected chi connectivity index (χ0v) is 15.0. The van der Waals surface area contributed by atoms with Gasteiger partial charge in [-0.1, -0.05) is 23.7 Å². The Kier molecular flexibility index (Phi) is 4.78. The number of aromatic amines is 1. The summed E-state index contributed by atoms with van der Waals surface area (Å²) in [4.78, 5) is 6.07. The largest absolute Gasteiger partial charge is 0.358 e. The van der Waals surface area contributed by atoms with E-state index in [4.69, 9.17) is 11.6 Å². The van der Waals surface area contributed by atoms with Crippen LogP contribution in [-0.2, 0) is 19.4 Å². The maximum Gasteiger partial charge on any atom is 0.123 e. The summed E-state index contributed by atoms with van der Waals surface area (Å²) in [6.45, 7) is 3.20. The number of H-pyrrole nitrogens is 1. The fraction of sp³-hybridized carbons (Fsp3) is 0.333. The van der Waals surface area contributed by atoms with E-state index in [1.165, 1.54) is 27.7 Å². The normalized spacial score (nSPS) is 14.8. The molecule has 3 aromatic rings. The smallest absolute Gasteiger partial charge is 0.123 e. The molecule has 4 rings (SSSR count). The molecule has 0 saturated heterocycles. The lowest BCUT2D eigenvalue weighted by Gasteiger charge is -2.27. The Morgan fingerprint density at radius 3 is 2.76 bits per heavy atom. The number of aryl methyl sites for hydroxylation is 1. The van der Waals surface area contributed by atoms with Gasteiger partial charge in [-0.05, 0) is 67.3 Å². The summed E-state index contributed by atoms with van der Waals surface area (Å²) in [6.07, 6.45) is 4.38. The van der Waals surface area contributed by atoms with Crippen molar-refractivity contribution in [2.75, 3.05) is 13.1 Å². The van der Waals surface area contributed by atoms with E-state index in [9.17, 15) is 4.39 Å². The molecule has 0 spiro atoms. The minimum Gasteiger partial charge on any atom is -0.358 e. The second kappa shape index (κ2) is 7.19. The molecule has 1 aliphatic heterocycles. The fourth-order valence-electron chi connectivity index (χ4n) is 3.75. The molecule has 0 aliphatic carbocycles. The quantitative estimate of drug-likeness (QED) is 0.611. The Labute approximate surface area is 152 Å². The number of benzene rings is 2. The highest BCUT2D eigenvalue weighted by molar-refractivity contribution is 6.31. The van der Waals surface area contributed by atoms with E-state index in [1.54, 1.807) is 12.1 Å². The van der Waals surface area contributed by atoms with Gasteiger partial charge in [0.2, 0.25) is 0 Å². The first kappa shape index (κ1) is 16.6. The third-order valence-electron chi connectivity index (χ3n) is 5.12. The van der Waals surface area contributed by atoms with Crippen molar-refractivity contribution in [2.45, 2.75) is 32.2 Å². The van der Waals surface area contributed by atoms with Gasteiger partial charge in [-0.3, -0.25) is 4.90 Å². The van der Waals surface area contributed by atoms with Gasteiger partial charge in [0.15, 0.2) is 0 Å². The summed E-state index contributed by atoms with van der Waals surface area (Å²) in [7, 11) is 0. The van der Waals surface area contributed by atoms with Gasteiger partial charge in [-0.2, -0.15) is 0 Å². The average Bonchev–Trinajstić information content (AvgIpc) is 2.97. The molecule has 2 aromatic carbocycles. The van der Waals surface area contributed by atoms with Crippen molar-refractivity contribution >= 4 is 22.5 Å². The number of hydrogen-bond acceptors (Lipinski definition) is 1. The lowest BCUT2D eigenvalue weighted by molar-refractivity contribution is 0.249. The number of unbranched alkanes of at least 4 members (excludes halogenated alkanes) is 1. The summed E-state index contributed by atoms with van der Waals surface area (Å²) in [6, 6.07) is 13.0. The van der Waals surface area contributed by atoms with Gasteiger partial charge in [0.25, 0.3) is 0 Å². The van der Waals surface area contributed by atoms with Crippen molar-refractivity contribution in [3.8, 4) is 0 Å². The first-order chi connectivity index (χ1) is 12.2. The minimum absolute atomic E-state index is 0.160. The number of halogens is 2. The number of aromatic nitrogens is 1. The Morgan fingerprint density at radius 2 is 1.92 bits per heavy atom. The van der Waals surface area contributed by atoms with E-state index in [1.807, 2.05) is 18.2 Å². The van der Waals surface area contributed by atoms with Gasteiger partial charge in [-0.25, -0.2) is 4.39 Å². The van der Waals surface area contributed by atoms with Crippen LogP contribution in [0.4, 0.5) is 4.39 Å². The molecule has 0 amide bonds. The molecule has 1 N–H and O–H groups in total. The SMILES string of the molecule is Fc1ccc(CCCCN2CCc3[nH]c4ccc(Cl)cc4c3C2)cc1. The van der Waals surface area contributed by atoms with Gasteiger partial charge in [-0.15, -0.1) is 0 Å². The topological polar surface area (TPSA) is 19.0 Å². The molecule has 0 saturated carbocycles. The number of hydrogen-bond donors (Lipinski definition) is 1. The highest BCUT2D eigenvalue weighted by Crippen LogP contribution is 2.29. The van der Waals surface area contributed by atoms with Gasteiger partial charge in [0.05, 0.1) is 0 Å². The van der Waals surface area contributed by atoms with Crippen LogP contribution in [0.3, 0.4) is 0 Å². The van der Waals surface area contributed by atoms with Crippen LogP contribution in [0.2, 0.25) is 5.02 Å². The predicted octanol–water partition coefficient (Wildman–Crippen LogP) is 5.34. The molecule has 130 valence electrons. The molecule has 0 unspecified atom stereocenters. The van der Waals surface area contributed by atoms with Crippen molar-refractivity contribution in [1.29, 1.82) is 0 Å². The van der Waals surface area contributed by atoms with E-state index < -0.39 is 0 Å². The molecule has 1 aliphatic rings. The third-order valence-corrected chi connectivity index (χ3v) is 5.35. The Hall–Kier alpha value is -1.84. The summed E-state index contributed by atoms with van der Waals surface area (Å²) in [5.41, 5.74) is 5.17. The number of nitrogens with one attached hydrogen (secondary N) is 1. The number of rotatable bonds is 5. The molecule has 0 bridgehead atoms. The molecule has 0 atom stereocenters. The second-order valence-corrected chi connectivity index (χ2v) is 7.32. The van der Waals surface area contributed by atoms with Crippen LogP contribution in [0.1, 0.15) is 29.7 Å². The van der Waals surface area contributed by atoms with E-state index in [0.29, 0.717) is 0 Å². The zero-order chi connectivity index (χ0) is 17.2. The highest BCUT2D eigenvalue weighted by Gasteiger charge is 2.20. The van der Waals surface area contributed by atoms with Crippen LogP contribution < -0.4 is 0 Å². The molecular formula is C21H22ClFN2. The van der Waals surface area contributed by atoms with E-state index in [-0.39, 0.29) is 5.82 Å². The minimum atomic E-state index is -0.160. The van der Waals surface area contributed by atoms with Crippen LogP contribution in [-0.4, -0.2) is 23.0 Å². The summed E-state index contributed by atoms with van der Waals surface area (Å²) >= 11 is 6.17. The lowest BCUT2D eigenvalue weighted by Crippen LogP contribution is -2.31. The van der Waals surface area contributed by atoms with E-state index in [0.717, 1.165) is 50.3 Å². The summed E-state index contributed by atoms with van der Waals surface area (Å²) in [5, 5.41) is 2.06. The molecule has 25 heavy (non-hydrogen) atoms. The number of fused-ring (bicyclic) bond motifs is 3.